The first-order valence-corrected chi connectivity index (χ1v) is 7.33. The predicted octanol–water partition coefficient (Wildman–Crippen LogP) is 3.77. The number of ether oxygens (including phenoxy) is 1. The Morgan fingerprint density at radius 2 is 2.33 bits per heavy atom. The molecule has 2 aromatic rings. The van der Waals surface area contributed by atoms with Crippen LogP contribution in [0, 0.1) is 0 Å². The van der Waals surface area contributed by atoms with Crippen LogP contribution in [0.2, 0.25) is 0 Å². The Kier molecular flexibility index (Phi) is 4.74. The SMILES string of the molecule is COc1ccc(Br)c(CNC(C)c2nccs2)c1. The molecule has 0 saturated heterocycles. The third-order valence-corrected chi connectivity index (χ3v) is 4.41. The van der Waals surface area contributed by atoms with Gasteiger partial charge in [-0.05, 0) is 30.7 Å². The highest BCUT2D eigenvalue weighted by Gasteiger charge is 2.08. The molecule has 0 radical (unpaired) electrons. The second-order valence-corrected chi connectivity index (χ2v) is 5.71. The molecule has 3 nitrogen and oxygen atoms in total. The molecule has 0 amide bonds. The van der Waals surface area contributed by atoms with E-state index in [4.69, 9.17) is 4.74 Å². The molecule has 96 valence electrons. The Balaban J connectivity index is 2.01. The van der Waals surface area contributed by atoms with Gasteiger partial charge in [-0.25, -0.2) is 4.98 Å². The summed E-state index contributed by atoms with van der Waals surface area (Å²) in [5, 5.41) is 6.56. The molecular formula is C13H15BrN2OS. The molecule has 0 aliphatic carbocycles. The minimum atomic E-state index is 0.253. The summed E-state index contributed by atoms with van der Waals surface area (Å²) in [6, 6.07) is 6.23. The summed E-state index contributed by atoms with van der Waals surface area (Å²) in [7, 11) is 1.68. The molecule has 0 fully saturated rings. The van der Waals surface area contributed by atoms with Gasteiger partial charge in [-0.15, -0.1) is 11.3 Å². The summed E-state index contributed by atoms with van der Waals surface area (Å²) < 4.78 is 6.32. The lowest BCUT2D eigenvalue weighted by Crippen LogP contribution is -2.18. The highest BCUT2D eigenvalue weighted by molar-refractivity contribution is 9.10. The van der Waals surface area contributed by atoms with E-state index in [0.29, 0.717) is 0 Å². The van der Waals surface area contributed by atoms with E-state index >= 15 is 0 Å². The maximum Gasteiger partial charge on any atom is 0.119 e. The van der Waals surface area contributed by atoms with Gasteiger partial charge in [0.15, 0.2) is 0 Å². The second kappa shape index (κ2) is 6.31. The van der Waals surface area contributed by atoms with Gasteiger partial charge in [0.2, 0.25) is 0 Å². The zero-order chi connectivity index (χ0) is 13.0. The molecule has 0 aliphatic heterocycles. The normalized spacial score (nSPS) is 12.4. The fourth-order valence-corrected chi connectivity index (χ4v) is 2.67. The zero-order valence-corrected chi connectivity index (χ0v) is 12.7. The molecule has 18 heavy (non-hydrogen) atoms. The molecule has 1 aromatic carbocycles. The number of methoxy groups -OCH3 is 1. The van der Waals surface area contributed by atoms with Crippen molar-refractivity contribution in [2.45, 2.75) is 19.5 Å². The summed E-state index contributed by atoms with van der Waals surface area (Å²) in [4.78, 5) is 4.30. The van der Waals surface area contributed by atoms with E-state index in [1.54, 1.807) is 18.4 Å². The van der Waals surface area contributed by atoms with Crippen molar-refractivity contribution in [3.63, 3.8) is 0 Å². The van der Waals surface area contributed by atoms with Gasteiger partial charge in [0, 0.05) is 22.6 Å². The lowest BCUT2D eigenvalue weighted by molar-refractivity contribution is 0.413. The van der Waals surface area contributed by atoms with Crippen LogP contribution in [-0.4, -0.2) is 12.1 Å². The highest BCUT2D eigenvalue weighted by atomic mass is 79.9. The molecule has 0 bridgehead atoms. The fourth-order valence-electron chi connectivity index (χ4n) is 1.61. The maximum absolute atomic E-state index is 5.23. The minimum absolute atomic E-state index is 0.253. The van der Waals surface area contributed by atoms with Crippen LogP contribution in [0.25, 0.3) is 0 Å². The number of hydrogen-bond acceptors (Lipinski definition) is 4. The quantitative estimate of drug-likeness (QED) is 0.908. The molecule has 1 unspecified atom stereocenters. The summed E-state index contributed by atoms with van der Waals surface area (Å²) in [6.45, 7) is 2.89. The second-order valence-electron chi connectivity index (χ2n) is 3.93. The Morgan fingerprint density at radius 1 is 1.50 bits per heavy atom. The van der Waals surface area contributed by atoms with Gasteiger partial charge >= 0.3 is 0 Å². The van der Waals surface area contributed by atoms with Crippen molar-refractivity contribution in [1.29, 1.82) is 0 Å². The lowest BCUT2D eigenvalue weighted by Gasteiger charge is -2.13. The van der Waals surface area contributed by atoms with E-state index in [0.717, 1.165) is 21.8 Å². The van der Waals surface area contributed by atoms with Gasteiger partial charge in [-0.2, -0.15) is 0 Å². The fraction of sp³-hybridized carbons (Fsp3) is 0.308. The lowest BCUT2D eigenvalue weighted by atomic mass is 10.2. The number of hydrogen-bond donors (Lipinski definition) is 1. The molecule has 1 atom stereocenters. The first-order valence-electron chi connectivity index (χ1n) is 5.66. The monoisotopic (exact) mass is 326 g/mol. The number of aromatic nitrogens is 1. The summed E-state index contributed by atoms with van der Waals surface area (Å²) in [5.41, 5.74) is 1.18. The third-order valence-electron chi connectivity index (χ3n) is 2.67. The third kappa shape index (κ3) is 3.31. The molecular weight excluding hydrogens is 312 g/mol. The minimum Gasteiger partial charge on any atom is -0.497 e. The number of benzene rings is 1. The molecule has 1 heterocycles. The summed E-state index contributed by atoms with van der Waals surface area (Å²) in [5.74, 6) is 0.872. The number of nitrogens with zero attached hydrogens (tertiary/aromatic N) is 1. The number of rotatable bonds is 5. The van der Waals surface area contributed by atoms with Gasteiger partial charge in [0.05, 0.1) is 13.2 Å². The van der Waals surface area contributed by atoms with Gasteiger partial charge in [-0.1, -0.05) is 15.9 Å². The van der Waals surface area contributed by atoms with Crippen molar-refractivity contribution in [1.82, 2.24) is 10.3 Å². The summed E-state index contributed by atoms with van der Waals surface area (Å²) >= 11 is 5.22. The van der Waals surface area contributed by atoms with E-state index in [9.17, 15) is 0 Å². The van der Waals surface area contributed by atoms with Crippen molar-refractivity contribution >= 4 is 27.3 Å². The van der Waals surface area contributed by atoms with Gasteiger partial charge < -0.3 is 10.1 Å². The van der Waals surface area contributed by atoms with Crippen LogP contribution in [0.1, 0.15) is 23.5 Å². The van der Waals surface area contributed by atoms with Crippen LogP contribution < -0.4 is 10.1 Å². The molecule has 1 N–H and O–H groups in total. The predicted molar refractivity (Wildman–Crippen MR) is 78.1 cm³/mol. The van der Waals surface area contributed by atoms with Crippen LogP contribution in [0.5, 0.6) is 5.75 Å². The average Bonchev–Trinajstić information content (AvgIpc) is 2.91. The van der Waals surface area contributed by atoms with Crippen molar-refractivity contribution in [2.75, 3.05) is 7.11 Å². The Hall–Kier alpha value is -0.910. The van der Waals surface area contributed by atoms with Crippen molar-refractivity contribution in [3.05, 3.63) is 44.8 Å². The van der Waals surface area contributed by atoms with Crippen LogP contribution in [0.4, 0.5) is 0 Å². The maximum atomic E-state index is 5.23. The molecule has 0 saturated carbocycles. The van der Waals surface area contributed by atoms with Crippen molar-refractivity contribution < 1.29 is 4.74 Å². The van der Waals surface area contributed by atoms with E-state index in [2.05, 4.69) is 33.2 Å². The van der Waals surface area contributed by atoms with Crippen LogP contribution in [0.15, 0.2) is 34.2 Å². The smallest absolute Gasteiger partial charge is 0.119 e. The van der Waals surface area contributed by atoms with Crippen molar-refractivity contribution in [2.24, 2.45) is 0 Å². The van der Waals surface area contributed by atoms with E-state index in [-0.39, 0.29) is 6.04 Å². The molecule has 0 aliphatic rings. The Bertz CT molecular complexity index is 502. The first kappa shape index (κ1) is 13.5. The van der Waals surface area contributed by atoms with Crippen LogP contribution in [0.3, 0.4) is 0 Å². The van der Waals surface area contributed by atoms with Gasteiger partial charge in [0.25, 0.3) is 0 Å². The van der Waals surface area contributed by atoms with Gasteiger partial charge in [0.1, 0.15) is 10.8 Å². The molecule has 5 heteroatoms. The van der Waals surface area contributed by atoms with Crippen LogP contribution >= 0.6 is 27.3 Å². The number of thiazole rings is 1. The zero-order valence-electron chi connectivity index (χ0n) is 10.3. The van der Waals surface area contributed by atoms with Crippen molar-refractivity contribution in [3.8, 4) is 5.75 Å². The van der Waals surface area contributed by atoms with Gasteiger partial charge in [-0.3, -0.25) is 0 Å². The topological polar surface area (TPSA) is 34.1 Å². The van der Waals surface area contributed by atoms with E-state index < -0.39 is 0 Å². The number of halogens is 1. The number of nitrogens with one attached hydrogen (secondary N) is 1. The molecule has 1 aromatic heterocycles. The van der Waals surface area contributed by atoms with Crippen LogP contribution in [-0.2, 0) is 6.54 Å². The summed E-state index contributed by atoms with van der Waals surface area (Å²) in [6.07, 6.45) is 1.83. The Labute approximate surface area is 119 Å². The highest BCUT2D eigenvalue weighted by Crippen LogP contribution is 2.23. The van der Waals surface area contributed by atoms with E-state index in [1.807, 2.05) is 29.8 Å². The standard InChI is InChI=1S/C13H15BrN2OS/c1-9(13-15-5-6-18-13)16-8-10-7-11(17-2)3-4-12(10)14/h3-7,9,16H,8H2,1-2H3. The largest absolute Gasteiger partial charge is 0.497 e. The Morgan fingerprint density at radius 3 is 3.00 bits per heavy atom. The average molecular weight is 327 g/mol. The van der Waals surface area contributed by atoms with E-state index in [1.165, 1.54) is 5.56 Å². The molecule has 0 spiro atoms. The molecule has 2 rings (SSSR count). The first-order chi connectivity index (χ1) is 8.70.